The van der Waals surface area contributed by atoms with Crippen molar-refractivity contribution in [3.8, 4) is 29.5 Å². The summed E-state index contributed by atoms with van der Waals surface area (Å²) in [7, 11) is 1.54. The molecule has 2 aliphatic heterocycles. The molecular formula is C26H23N5O4. The van der Waals surface area contributed by atoms with E-state index in [1.54, 1.807) is 35.2 Å². The maximum atomic E-state index is 13.3. The topological polar surface area (TPSA) is 98.0 Å². The van der Waals surface area contributed by atoms with Gasteiger partial charge in [-0.15, -0.1) is 6.42 Å². The second-order valence-corrected chi connectivity index (χ2v) is 8.18. The van der Waals surface area contributed by atoms with Crippen LogP contribution in [0.4, 0.5) is 11.5 Å². The molecule has 5 rings (SSSR count). The molecular weight excluding hydrogens is 446 g/mol. The van der Waals surface area contributed by atoms with E-state index in [9.17, 15) is 9.59 Å². The van der Waals surface area contributed by atoms with E-state index in [2.05, 4.69) is 27.8 Å². The molecule has 3 heterocycles. The molecule has 35 heavy (non-hydrogen) atoms. The van der Waals surface area contributed by atoms with E-state index < -0.39 is 5.69 Å². The summed E-state index contributed by atoms with van der Waals surface area (Å²) in [5.74, 6) is 3.74. The summed E-state index contributed by atoms with van der Waals surface area (Å²) < 4.78 is 13.4. The van der Waals surface area contributed by atoms with Crippen LogP contribution in [-0.4, -0.2) is 53.0 Å². The van der Waals surface area contributed by atoms with Crippen LogP contribution in [0.1, 0.15) is 18.4 Å². The highest BCUT2D eigenvalue weighted by atomic mass is 16.5. The van der Waals surface area contributed by atoms with Crippen molar-refractivity contribution in [3.63, 3.8) is 0 Å². The van der Waals surface area contributed by atoms with Gasteiger partial charge in [-0.25, -0.2) is 14.4 Å². The number of rotatable bonds is 5. The molecule has 1 fully saturated rings. The molecule has 176 valence electrons. The summed E-state index contributed by atoms with van der Waals surface area (Å²) in [4.78, 5) is 35.8. The average Bonchev–Trinajstić information content (AvgIpc) is 2.90. The number of terminal acetylenes is 1. The molecule has 9 heteroatoms. The van der Waals surface area contributed by atoms with Crippen LogP contribution in [0.2, 0.25) is 0 Å². The summed E-state index contributed by atoms with van der Waals surface area (Å²) in [6.07, 6.45) is 9.48. The maximum Gasteiger partial charge on any atom is 0.354 e. The van der Waals surface area contributed by atoms with Crippen molar-refractivity contribution in [1.29, 1.82) is 0 Å². The summed E-state index contributed by atoms with van der Waals surface area (Å²) >= 11 is 0. The Balaban J connectivity index is 1.62. The smallest absolute Gasteiger partial charge is 0.354 e. The lowest BCUT2D eigenvalue weighted by atomic mass is 10.1. The van der Waals surface area contributed by atoms with Crippen LogP contribution < -0.4 is 20.5 Å². The molecule has 1 N–H and O–H groups in total. The van der Waals surface area contributed by atoms with Crippen LogP contribution in [0.5, 0.6) is 11.5 Å². The molecule has 0 aliphatic carbocycles. The van der Waals surface area contributed by atoms with E-state index in [0.29, 0.717) is 71.1 Å². The van der Waals surface area contributed by atoms with Gasteiger partial charge in [0.1, 0.15) is 11.6 Å². The second kappa shape index (κ2) is 8.99. The van der Waals surface area contributed by atoms with E-state index in [1.807, 2.05) is 0 Å². The fraction of sp³-hybridized carbons (Fsp3) is 0.231. The van der Waals surface area contributed by atoms with Crippen molar-refractivity contribution in [2.24, 2.45) is 4.99 Å². The number of methoxy groups -OCH3 is 1. The first kappa shape index (κ1) is 22.2. The van der Waals surface area contributed by atoms with E-state index >= 15 is 0 Å². The maximum absolute atomic E-state index is 13.3. The SMILES string of the molecule is C#Cc1cccc(-n2c3c4c(cc(OC)c(OC5CCN(C(=O)C=C)CC5)c4nc2=O)NC=N3)c1. The van der Waals surface area contributed by atoms with Gasteiger partial charge in [-0.1, -0.05) is 18.6 Å². The highest BCUT2D eigenvalue weighted by Gasteiger charge is 2.28. The number of aliphatic imine (C=N–C) groups is 1. The molecule has 1 amide bonds. The molecule has 2 aliphatic rings. The fourth-order valence-corrected chi connectivity index (χ4v) is 4.43. The number of piperidine rings is 1. The first-order chi connectivity index (χ1) is 17.0. The molecule has 0 atom stereocenters. The Bertz CT molecular complexity index is 1480. The number of carbonyl (C=O) groups is 1. The second-order valence-electron chi connectivity index (χ2n) is 8.18. The van der Waals surface area contributed by atoms with Gasteiger partial charge in [-0.05, 0) is 24.3 Å². The van der Waals surface area contributed by atoms with E-state index in [0.717, 1.165) is 0 Å². The Kier molecular flexibility index (Phi) is 5.71. The van der Waals surface area contributed by atoms with Crippen LogP contribution in [0, 0.1) is 12.3 Å². The first-order valence-electron chi connectivity index (χ1n) is 11.2. The van der Waals surface area contributed by atoms with Gasteiger partial charge in [0.2, 0.25) is 5.91 Å². The van der Waals surface area contributed by atoms with Gasteiger partial charge >= 0.3 is 5.69 Å². The van der Waals surface area contributed by atoms with Crippen molar-refractivity contribution in [2.45, 2.75) is 18.9 Å². The van der Waals surface area contributed by atoms with Crippen molar-refractivity contribution < 1.29 is 14.3 Å². The van der Waals surface area contributed by atoms with Crippen LogP contribution in [0.3, 0.4) is 0 Å². The Hall–Kier alpha value is -4.58. The summed E-state index contributed by atoms with van der Waals surface area (Å²) in [6.45, 7) is 4.65. The minimum atomic E-state index is -0.517. The Morgan fingerprint density at radius 1 is 1.31 bits per heavy atom. The molecule has 1 aromatic heterocycles. The summed E-state index contributed by atoms with van der Waals surface area (Å²) in [6, 6.07) is 8.89. The number of carbonyl (C=O) groups excluding carboxylic acids is 1. The number of aromatic nitrogens is 2. The van der Waals surface area contributed by atoms with Crippen molar-refractivity contribution >= 4 is 34.7 Å². The number of ether oxygens (including phenoxy) is 2. The average molecular weight is 470 g/mol. The molecule has 3 aromatic rings. The number of likely N-dealkylation sites (tertiary alicyclic amines) is 1. The number of hydrogen-bond acceptors (Lipinski definition) is 7. The molecule has 2 aromatic carbocycles. The molecule has 9 nitrogen and oxygen atoms in total. The predicted molar refractivity (Wildman–Crippen MR) is 134 cm³/mol. The standard InChI is InChI=1S/C26H23N5O4/c1-4-16-7-6-8-17(13-16)31-25-22-19(27-15-28-25)14-20(34-3)24(23(22)29-26(31)33)35-18-9-11-30(12-10-18)21(32)5-2/h1,5-8,13-15,18H,2,9-12H2,3H3,(H,27,28). The van der Waals surface area contributed by atoms with Gasteiger partial charge in [0.25, 0.3) is 0 Å². The Labute approximate surface area is 201 Å². The number of nitrogens with zero attached hydrogens (tertiary/aromatic N) is 4. The summed E-state index contributed by atoms with van der Waals surface area (Å²) in [5, 5.41) is 3.74. The lowest BCUT2D eigenvalue weighted by Gasteiger charge is -2.32. The van der Waals surface area contributed by atoms with Crippen molar-refractivity contribution in [2.75, 3.05) is 25.5 Å². The number of nitrogens with one attached hydrogen (secondary N) is 1. The molecule has 0 bridgehead atoms. The highest BCUT2D eigenvalue weighted by Crippen LogP contribution is 2.44. The first-order valence-corrected chi connectivity index (χ1v) is 11.2. The van der Waals surface area contributed by atoms with Crippen LogP contribution in [0.25, 0.3) is 16.6 Å². The van der Waals surface area contributed by atoms with Gasteiger partial charge in [0, 0.05) is 37.6 Å². The van der Waals surface area contributed by atoms with Crippen LogP contribution >= 0.6 is 0 Å². The number of anilines is 1. The van der Waals surface area contributed by atoms with Gasteiger partial charge in [0.15, 0.2) is 17.3 Å². The Morgan fingerprint density at radius 3 is 2.83 bits per heavy atom. The van der Waals surface area contributed by atoms with Gasteiger partial charge in [0.05, 0.1) is 30.2 Å². The minimum Gasteiger partial charge on any atom is -0.493 e. The third kappa shape index (κ3) is 3.89. The number of hydrogen-bond donors (Lipinski definition) is 1. The number of benzene rings is 2. The Morgan fingerprint density at radius 2 is 2.11 bits per heavy atom. The third-order valence-corrected chi connectivity index (χ3v) is 6.17. The largest absolute Gasteiger partial charge is 0.493 e. The van der Waals surface area contributed by atoms with Crippen LogP contribution in [-0.2, 0) is 4.79 Å². The zero-order valence-electron chi connectivity index (χ0n) is 19.2. The van der Waals surface area contributed by atoms with E-state index in [1.165, 1.54) is 24.1 Å². The molecule has 0 unspecified atom stereocenters. The quantitative estimate of drug-likeness (QED) is 0.456. The lowest BCUT2D eigenvalue weighted by Crippen LogP contribution is -2.41. The number of amides is 1. The van der Waals surface area contributed by atoms with Crippen molar-refractivity contribution in [1.82, 2.24) is 14.5 Å². The highest BCUT2D eigenvalue weighted by molar-refractivity contribution is 6.09. The van der Waals surface area contributed by atoms with Gasteiger partial charge in [-0.2, -0.15) is 4.98 Å². The lowest BCUT2D eigenvalue weighted by molar-refractivity contribution is -0.127. The monoisotopic (exact) mass is 469 g/mol. The molecule has 0 saturated carbocycles. The predicted octanol–water partition coefficient (Wildman–Crippen LogP) is 3.02. The third-order valence-electron chi connectivity index (χ3n) is 6.17. The normalized spacial score (nSPS) is 14.8. The van der Waals surface area contributed by atoms with Gasteiger partial charge in [-0.3, -0.25) is 4.79 Å². The van der Waals surface area contributed by atoms with E-state index in [-0.39, 0.29) is 12.0 Å². The zero-order valence-corrected chi connectivity index (χ0v) is 19.2. The molecule has 1 saturated heterocycles. The molecule has 0 spiro atoms. The van der Waals surface area contributed by atoms with Crippen molar-refractivity contribution in [3.05, 3.63) is 59.0 Å². The summed E-state index contributed by atoms with van der Waals surface area (Å²) in [5.41, 5.74) is 1.74. The van der Waals surface area contributed by atoms with E-state index in [4.69, 9.17) is 15.9 Å². The molecule has 0 radical (unpaired) electrons. The minimum absolute atomic E-state index is 0.0947. The fourth-order valence-electron chi connectivity index (χ4n) is 4.43. The van der Waals surface area contributed by atoms with Gasteiger partial charge < -0.3 is 19.7 Å². The zero-order chi connectivity index (χ0) is 24.5. The van der Waals surface area contributed by atoms with Crippen LogP contribution in [0.15, 0.2) is 52.8 Å².